The third kappa shape index (κ3) is 4.90. The molecule has 2 aromatic rings. The summed E-state index contributed by atoms with van der Waals surface area (Å²) in [5, 5.41) is 18.8. The average Bonchev–Trinajstić information content (AvgIpc) is 3.35. The Kier molecular flexibility index (Phi) is 6.18. The smallest absolute Gasteiger partial charge is 0.244 e. The van der Waals surface area contributed by atoms with Crippen LogP contribution in [-0.4, -0.2) is 48.1 Å². The first-order valence-corrected chi connectivity index (χ1v) is 9.99. The SMILES string of the molecule is CCNC(=NCC(=O)N1CCc2sccc2C1)NCC(C)(O)c1ccco1. The highest BCUT2D eigenvalue weighted by Crippen LogP contribution is 2.24. The third-order valence-electron chi connectivity index (χ3n) is 4.53. The number of guanidine groups is 1. The van der Waals surface area contributed by atoms with Gasteiger partial charge in [-0.25, -0.2) is 4.99 Å². The molecule has 0 radical (unpaired) electrons. The highest BCUT2D eigenvalue weighted by molar-refractivity contribution is 7.10. The second-order valence-electron chi connectivity index (χ2n) is 6.73. The number of amides is 1. The van der Waals surface area contributed by atoms with E-state index < -0.39 is 5.60 Å². The van der Waals surface area contributed by atoms with E-state index in [-0.39, 0.29) is 19.0 Å². The molecule has 0 bridgehead atoms. The first kappa shape index (κ1) is 19.4. The number of thiophene rings is 1. The molecule has 1 atom stereocenters. The van der Waals surface area contributed by atoms with Gasteiger partial charge in [0.1, 0.15) is 17.9 Å². The molecule has 0 aliphatic carbocycles. The van der Waals surface area contributed by atoms with Gasteiger partial charge in [0.25, 0.3) is 0 Å². The maximum atomic E-state index is 12.5. The molecule has 1 aliphatic rings. The van der Waals surface area contributed by atoms with Gasteiger partial charge in [0.2, 0.25) is 5.91 Å². The van der Waals surface area contributed by atoms with Crippen molar-refractivity contribution in [2.24, 2.45) is 4.99 Å². The van der Waals surface area contributed by atoms with Gasteiger partial charge in [0.05, 0.1) is 12.8 Å². The van der Waals surface area contributed by atoms with Crippen LogP contribution in [0.15, 0.2) is 39.3 Å². The lowest BCUT2D eigenvalue weighted by atomic mass is 10.0. The molecule has 0 saturated heterocycles. The Bertz CT molecular complexity index is 783. The summed E-state index contributed by atoms with van der Waals surface area (Å²) < 4.78 is 5.28. The Hall–Kier alpha value is -2.32. The Balaban J connectivity index is 1.56. The van der Waals surface area contributed by atoms with Crippen molar-refractivity contribution in [1.29, 1.82) is 0 Å². The molecule has 7 nitrogen and oxygen atoms in total. The summed E-state index contributed by atoms with van der Waals surface area (Å²) >= 11 is 1.75. The lowest BCUT2D eigenvalue weighted by molar-refractivity contribution is -0.130. The molecule has 1 amide bonds. The fraction of sp³-hybridized carbons (Fsp3) is 0.474. The quantitative estimate of drug-likeness (QED) is 0.516. The summed E-state index contributed by atoms with van der Waals surface area (Å²) in [5.74, 6) is 0.967. The van der Waals surface area contributed by atoms with Crippen LogP contribution < -0.4 is 10.6 Å². The Morgan fingerprint density at radius 1 is 1.44 bits per heavy atom. The minimum atomic E-state index is -1.17. The number of rotatable bonds is 6. The van der Waals surface area contributed by atoms with E-state index >= 15 is 0 Å². The molecule has 3 N–H and O–H groups in total. The predicted molar refractivity (Wildman–Crippen MR) is 106 cm³/mol. The zero-order valence-corrected chi connectivity index (χ0v) is 16.5. The monoisotopic (exact) mass is 390 g/mol. The molecule has 8 heteroatoms. The number of nitrogens with one attached hydrogen (secondary N) is 2. The van der Waals surface area contributed by atoms with Crippen LogP contribution in [0.2, 0.25) is 0 Å². The number of furan rings is 1. The van der Waals surface area contributed by atoms with Gasteiger partial charge in [-0.2, -0.15) is 0 Å². The number of carbonyl (C=O) groups is 1. The van der Waals surface area contributed by atoms with E-state index in [1.807, 2.05) is 11.8 Å². The van der Waals surface area contributed by atoms with Crippen molar-refractivity contribution in [3.05, 3.63) is 46.0 Å². The van der Waals surface area contributed by atoms with Crippen LogP contribution in [0.4, 0.5) is 0 Å². The van der Waals surface area contributed by atoms with Crippen LogP contribution in [0, 0.1) is 0 Å². The number of aliphatic hydroxyl groups is 1. The Labute approximate surface area is 163 Å². The summed E-state index contributed by atoms with van der Waals surface area (Å²) in [6.07, 6.45) is 2.44. The number of hydrogen-bond acceptors (Lipinski definition) is 5. The summed E-state index contributed by atoms with van der Waals surface area (Å²) in [4.78, 5) is 20.1. The van der Waals surface area contributed by atoms with Crippen molar-refractivity contribution < 1.29 is 14.3 Å². The number of fused-ring (bicyclic) bond motifs is 1. The molecular weight excluding hydrogens is 364 g/mol. The highest BCUT2D eigenvalue weighted by atomic mass is 32.1. The molecule has 0 fully saturated rings. The largest absolute Gasteiger partial charge is 0.466 e. The van der Waals surface area contributed by atoms with Crippen LogP contribution in [0.3, 0.4) is 0 Å². The van der Waals surface area contributed by atoms with Crippen LogP contribution in [0.25, 0.3) is 0 Å². The number of hydrogen-bond donors (Lipinski definition) is 3. The summed E-state index contributed by atoms with van der Waals surface area (Å²) in [7, 11) is 0. The van der Waals surface area contributed by atoms with E-state index in [0.29, 0.717) is 24.8 Å². The fourth-order valence-corrected chi connectivity index (χ4v) is 3.87. The summed E-state index contributed by atoms with van der Waals surface area (Å²) in [6.45, 7) is 5.95. The number of carbonyl (C=O) groups excluding carboxylic acids is 1. The second kappa shape index (κ2) is 8.58. The van der Waals surface area contributed by atoms with Gasteiger partial charge in [-0.3, -0.25) is 4.79 Å². The fourth-order valence-electron chi connectivity index (χ4n) is 2.98. The van der Waals surface area contributed by atoms with Crippen molar-refractivity contribution in [1.82, 2.24) is 15.5 Å². The Morgan fingerprint density at radius 2 is 2.30 bits per heavy atom. The topological polar surface area (TPSA) is 90.1 Å². The first-order valence-electron chi connectivity index (χ1n) is 9.11. The molecule has 0 saturated carbocycles. The Morgan fingerprint density at radius 3 is 3.04 bits per heavy atom. The minimum absolute atomic E-state index is 0.00171. The van der Waals surface area contributed by atoms with Crippen molar-refractivity contribution >= 4 is 23.2 Å². The highest BCUT2D eigenvalue weighted by Gasteiger charge is 2.26. The molecule has 0 aromatic carbocycles. The van der Waals surface area contributed by atoms with Crippen molar-refractivity contribution in [2.75, 3.05) is 26.2 Å². The van der Waals surface area contributed by atoms with E-state index in [2.05, 4.69) is 27.1 Å². The molecule has 3 heterocycles. The van der Waals surface area contributed by atoms with Crippen LogP contribution in [0.1, 0.15) is 30.0 Å². The molecule has 27 heavy (non-hydrogen) atoms. The molecule has 0 spiro atoms. The molecule has 1 aliphatic heterocycles. The van der Waals surface area contributed by atoms with Gasteiger partial charge in [-0.1, -0.05) is 0 Å². The van der Waals surface area contributed by atoms with Gasteiger partial charge in [0.15, 0.2) is 5.96 Å². The van der Waals surface area contributed by atoms with Gasteiger partial charge >= 0.3 is 0 Å². The van der Waals surface area contributed by atoms with Gasteiger partial charge in [0, 0.05) is 24.5 Å². The summed E-state index contributed by atoms with van der Waals surface area (Å²) in [5.41, 5.74) is 0.0643. The van der Waals surface area contributed by atoms with E-state index in [1.54, 1.807) is 30.4 Å². The maximum Gasteiger partial charge on any atom is 0.244 e. The standard InChI is InChI=1S/C19H26N4O3S/c1-3-20-18(22-13-19(2,25)16-5-4-9-26-16)21-11-17(24)23-8-6-15-14(12-23)7-10-27-15/h4-5,7,9-10,25H,3,6,8,11-13H2,1-2H3,(H2,20,21,22). The lowest BCUT2D eigenvalue weighted by Gasteiger charge is -2.26. The molecule has 3 rings (SSSR count). The third-order valence-corrected chi connectivity index (χ3v) is 5.55. The van der Waals surface area contributed by atoms with Crippen molar-refractivity contribution in [3.8, 4) is 0 Å². The van der Waals surface area contributed by atoms with Crippen LogP contribution in [-0.2, 0) is 23.4 Å². The zero-order chi connectivity index (χ0) is 19.3. The van der Waals surface area contributed by atoms with E-state index in [0.717, 1.165) is 13.0 Å². The van der Waals surface area contributed by atoms with Gasteiger partial charge in [-0.15, -0.1) is 11.3 Å². The van der Waals surface area contributed by atoms with Gasteiger partial charge in [-0.05, 0) is 49.4 Å². The average molecular weight is 391 g/mol. The molecular formula is C19H26N4O3S. The maximum absolute atomic E-state index is 12.5. The van der Waals surface area contributed by atoms with Gasteiger partial charge < -0.3 is 25.1 Å². The normalized spacial score (nSPS) is 16.6. The van der Waals surface area contributed by atoms with Crippen molar-refractivity contribution in [2.45, 2.75) is 32.4 Å². The van der Waals surface area contributed by atoms with E-state index in [9.17, 15) is 9.90 Å². The number of aliphatic imine (C=N–C) groups is 1. The minimum Gasteiger partial charge on any atom is -0.466 e. The van der Waals surface area contributed by atoms with E-state index in [4.69, 9.17) is 4.42 Å². The van der Waals surface area contributed by atoms with Crippen molar-refractivity contribution in [3.63, 3.8) is 0 Å². The van der Waals surface area contributed by atoms with Crippen LogP contribution in [0.5, 0.6) is 0 Å². The molecule has 2 aromatic heterocycles. The van der Waals surface area contributed by atoms with Crippen LogP contribution >= 0.6 is 11.3 Å². The lowest BCUT2D eigenvalue weighted by Crippen LogP contribution is -2.45. The predicted octanol–water partition coefficient (Wildman–Crippen LogP) is 1.69. The molecule has 146 valence electrons. The van der Waals surface area contributed by atoms with E-state index in [1.165, 1.54) is 16.7 Å². The molecule has 1 unspecified atom stereocenters. The zero-order valence-electron chi connectivity index (χ0n) is 15.7. The number of nitrogens with zero attached hydrogens (tertiary/aromatic N) is 2. The summed E-state index contributed by atoms with van der Waals surface area (Å²) in [6, 6.07) is 5.55. The second-order valence-corrected chi connectivity index (χ2v) is 7.73. The first-order chi connectivity index (χ1) is 13.0.